The van der Waals surface area contributed by atoms with E-state index in [1.165, 1.54) is 0 Å². The minimum absolute atomic E-state index is 0.0738. The van der Waals surface area contributed by atoms with E-state index >= 15 is 0 Å². The number of aromatic nitrogens is 3. The maximum atomic E-state index is 13.2. The van der Waals surface area contributed by atoms with Crippen LogP contribution in [0, 0.1) is 6.92 Å². The predicted octanol–water partition coefficient (Wildman–Crippen LogP) is 3.01. The number of hydrogen-bond donors (Lipinski definition) is 0. The molecule has 0 radical (unpaired) electrons. The van der Waals surface area contributed by atoms with Gasteiger partial charge in [-0.1, -0.05) is 29.4 Å². The molecular formula is C23H27N5O3. The third-order valence-electron chi connectivity index (χ3n) is 5.92. The highest BCUT2D eigenvalue weighted by Crippen LogP contribution is 2.22. The maximum absolute atomic E-state index is 13.2. The van der Waals surface area contributed by atoms with Gasteiger partial charge in [0.25, 0.3) is 5.91 Å². The van der Waals surface area contributed by atoms with Gasteiger partial charge in [-0.25, -0.2) is 0 Å². The van der Waals surface area contributed by atoms with Gasteiger partial charge in [0.2, 0.25) is 11.8 Å². The molecule has 0 spiro atoms. The molecule has 2 amide bonds. The SMILES string of the molecule is Cc1noc(CCC(=O)N2CCC[C@@H](N(C)C(=O)c3nccc4ccccc34)CC2)n1. The molecule has 3 aromatic rings. The van der Waals surface area contributed by atoms with Crippen LogP contribution < -0.4 is 0 Å². The Morgan fingerprint density at radius 1 is 1.19 bits per heavy atom. The Morgan fingerprint density at radius 3 is 2.84 bits per heavy atom. The molecule has 1 saturated heterocycles. The number of rotatable bonds is 5. The Labute approximate surface area is 181 Å². The fourth-order valence-electron chi connectivity index (χ4n) is 4.15. The second kappa shape index (κ2) is 9.24. The van der Waals surface area contributed by atoms with Gasteiger partial charge in [0.05, 0.1) is 0 Å². The summed E-state index contributed by atoms with van der Waals surface area (Å²) in [5.41, 5.74) is 0.479. The molecule has 2 aromatic heterocycles. The number of aryl methyl sites for hydroxylation is 2. The molecule has 0 aliphatic carbocycles. The fourth-order valence-corrected chi connectivity index (χ4v) is 4.15. The van der Waals surface area contributed by atoms with Crippen molar-refractivity contribution < 1.29 is 14.1 Å². The van der Waals surface area contributed by atoms with E-state index in [0.29, 0.717) is 43.3 Å². The maximum Gasteiger partial charge on any atom is 0.273 e. The summed E-state index contributed by atoms with van der Waals surface area (Å²) < 4.78 is 5.09. The minimum atomic E-state index is -0.0756. The second-order valence-electron chi connectivity index (χ2n) is 8.00. The monoisotopic (exact) mass is 421 g/mol. The van der Waals surface area contributed by atoms with E-state index in [4.69, 9.17) is 4.52 Å². The molecule has 3 heterocycles. The summed E-state index contributed by atoms with van der Waals surface area (Å²) in [6.45, 7) is 3.09. The van der Waals surface area contributed by atoms with Crippen LogP contribution in [0.25, 0.3) is 10.8 Å². The highest BCUT2D eigenvalue weighted by molar-refractivity contribution is 6.05. The standard InChI is InChI=1S/C23H27N5O3/c1-16-25-20(31-26-16)9-10-21(29)28-14-5-7-18(12-15-28)27(2)23(30)22-19-8-4-3-6-17(19)11-13-24-22/h3-4,6,8,11,13,18H,5,7,9-10,12,14-15H2,1-2H3/t18-/m1/s1. The van der Waals surface area contributed by atoms with Crippen LogP contribution in [0.4, 0.5) is 0 Å². The zero-order valence-corrected chi connectivity index (χ0v) is 18.0. The van der Waals surface area contributed by atoms with E-state index in [2.05, 4.69) is 15.1 Å². The molecule has 1 aromatic carbocycles. The first-order valence-corrected chi connectivity index (χ1v) is 10.7. The first-order chi connectivity index (χ1) is 15.0. The molecule has 0 N–H and O–H groups in total. The molecule has 0 saturated carbocycles. The third kappa shape index (κ3) is 4.73. The van der Waals surface area contributed by atoms with E-state index in [1.54, 1.807) is 18.0 Å². The zero-order valence-electron chi connectivity index (χ0n) is 18.0. The van der Waals surface area contributed by atoms with Crippen molar-refractivity contribution in [1.82, 2.24) is 24.9 Å². The molecule has 0 bridgehead atoms. The number of pyridine rings is 1. The molecule has 1 fully saturated rings. The molecule has 31 heavy (non-hydrogen) atoms. The molecule has 1 aliphatic heterocycles. The normalized spacial score (nSPS) is 16.8. The molecule has 8 heteroatoms. The topological polar surface area (TPSA) is 92.4 Å². The fraction of sp³-hybridized carbons (Fsp3) is 0.435. The lowest BCUT2D eigenvalue weighted by molar-refractivity contribution is -0.131. The smallest absolute Gasteiger partial charge is 0.273 e. The van der Waals surface area contributed by atoms with Gasteiger partial charge in [-0.05, 0) is 37.6 Å². The molecular weight excluding hydrogens is 394 g/mol. The predicted molar refractivity (Wildman–Crippen MR) is 115 cm³/mol. The number of amides is 2. The largest absolute Gasteiger partial charge is 0.343 e. The number of carbonyl (C=O) groups is 2. The van der Waals surface area contributed by atoms with Gasteiger partial charge in [0, 0.05) is 50.6 Å². The van der Waals surface area contributed by atoms with Gasteiger partial charge >= 0.3 is 0 Å². The zero-order chi connectivity index (χ0) is 21.8. The van der Waals surface area contributed by atoms with Crippen molar-refractivity contribution in [2.75, 3.05) is 20.1 Å². The lowest BCUT2D eigenvalue weighted by Crippen LogP contribution is -2.39. The Bertz CT molecular complexity index is 1070. The molecule has 0 unspecified atom stereocenters. The van der Waals surface area contributed by atoms with Gasteiger partial charge in [-0.3, -0.25) is 14.6 Å². The molecule has 8 nitrogen and oxygen atoms in total. The Kier molecular flexibility index (Phi) is 6.25. The first-order valence-electron chi connectivity index (χ1n) is 10.7. The van der Waals surface area contributed by atoms with E-state index in [-0.39, 0.29) is 17.9 Å². The number of fused-ring (bicyclic) bond motifs is 1. The first kappa shape index (κ1) is 21.0. The van der Waals surface area contributed by atoms with E-state index < -0.39 is 0 Å². The average molecular weight is 422 g/mol. The minimum Gasteiger partial charge on any atom is -0.343 e. The van der Waals surface area contributed by atoms with E-state index in [1.807, 2.05) is 42.3 Å². The van der Waals surface area contributed by atoms with Gasteiger partial charge in [-0.15, -0.1) is 0 Å². The van der Waals surface area contributed by atoms with Gasteiger partial charge in [0.1, 0.15) is 5.69 Å². The van der Waals surface area contributed by atoms with Crippen LogP contribution in [0.2, 0.25) is 0 Å². The summed E-state index contributed by atoms with van der Waals surface area (Å²) in [7, 11) is 1.84. The van der Waals surface area contributed by atoms with Gasteiger partial charge in [-0.2, -0.15) is 4.98 Å². The quantitative estimate of drug-likeness (QED) is 0.629. The Hall–Kier alpha value is -3.29. The second-order valence-corrected chi connectivity index (χ2v) is 8.00. The Morgan fingerprint density at radius 2 is 2.03 bits per heavy atom. The van der Waals surface area contributed by atoms with Crippen LogP contribution in [0.3, 0.4) is 0 Å². The Balaban J connectivity index is 1.37. The number of benzene rings is 1. The summed E-state index contributed by atoms with van der Waals surface area (Å²) in [5, 5.41) is 5.63. The van der Waals surface area contributed by atoms with Crippen molar-refractivity contribution in [2.45, 2.75) is 45.1 Å². The summed E-state index contributed by atoms with van der Waals surface area (Å²) in [6, 6.07) is 9.78. The summed E-state index contributed by atoms with van der Waals surface area (Å²) in [5.74, 6) is 1.08. The number of hydrogen-bond acceptors (Lipinski definition) is 6. The van der Waals surface area contributed by atoms with Crippen LogP contribution in [-0.4, -0.2) is 62.9 Å². The van der Waals surface area contributed by atoms with Crippen molar-refractivity contribution in [3.8, 4) is 0 Å². The van der Waals surface area contributed by atoms with E-state index in [0.717, 1.165) is 30.0 Å². The molecule has 162 valence electrons. The van der Waals surface area contributed by atoms with Crippen molar-refractivity contribution in [3.63, 3.8) is 0 Å². The molecule has 4 rings (SSSR count). The molecule has 1 aliphatic rings. The van der Waals surface area contributed by atoms with Crippen molar-refractivity contribution in [1.29, 1.82) is 0 Å². The highest BCUT2D eigenvalue weighted by atomic mass is 16.5. The average Bonchev–Trinajstić information content (AvgIpc) is 3.06. The summed E-state index contributed by atoms with van der Waals surface area (Å²) in [4.78, 5) is 38.1. The van der Waals surface area contributed by atoms with Gasteiger partial charge < -0.3 is 14.3 Å². The van der Waals surface area contributed by atoms with Crippen molar-refractivity contribution in [3.05, 3.63) is 53.9 Å². The lowest BCUT2D eigenvalue weighted by atomic mass is 10.1. The highest BCUT2D eigenvalue weighted by Gasteiger charge is 2.27. The van der Waals surface area contributed by atoms with Crippen LogP contribution in [0.5, 0.6) is 0 Å². The summed E-state index contributed by atoms with van der Waals surface area (Å²) in [6.07, 6.45) is 4.95. The van der Waals surface area contributed by atoms with Crippen LogP contribution in [-0.2, 0) is 11.2 Å². The van der Waals surface area contributed by atoms with E-state index in [9.17, 15) is 9.59 Å². The van der Waals surface area contributed by atoms with Crippen LogP contribution >= 0.6 is 0 Å². The number of carbonyl (C=O) groups excluding carboxylic acids is 2. The number of likely N-dealkylation sites (tertiary alicyclic amines) is 1. The van der Waals surface area contributed by atoms with Gasteiger partial charge in [0.15, 0.2) is 5.82 Å². The van der Waals surface area contributed by atoms with Crippen molar-refractivity contribution in [2.24, 2.45) is 0 Å². The molecule has 1 atom stereocenters. The summed E-state index contributed by atoms with van der Waals surface area (Å²) >= 11 is 0. The third-order valence-corrected chi connectivity index (χ3v) is 5.92. The lowest BCUT2D eigenvalue weighted by Gasteiger charge is -2.27. The van der Waals surface area contributed by atoms with Crippen LogP contribution in [0.15, 0.2) is 41.1 Å². The van der Waals surface area contributed by atoms with Crippen LogP contribution in [0.1, 0.15) is 47.9 Å². The van der Waals surface area contributed by atoms with Crippen molar-refractivity contribution >= 4 is 22.6 Å². The number of nitrogens with zero attached hydrogens (tertiary/aromatic N) is 5.